The molecule has 0 amide bonds. The summed E-state index contributed by atoms with van der Waals surface area (Å²) in [5, 5.41) is 3.32. The Bertz CT molecular complexity index is 286. The zero-order valence-electron chi connectivity index (χ0n) is 10.0. The molecule has 0 aliphatic heterocycles. The Kier molecular flexibility index (Phi) is 5.86. The lowest BCUT2D eigenvalue weighted by Gasteiger charge is -2.14. The second-order valence-corrected chi connectivity index (χ2v) is 3.92. The first-order chi connectivity index (χ1) is 7.72. The molecule has 0 saturated heterocycles. The number of nitrogens with one attached hydrogen (secondary N) is 1. The molecule has 0 spiro atoms. The summed E-state index contributed by atoms with van der Waals surface area (Å²) in [4.78, 5) is 0. The minimum atomic E-state index is -0.232. The lowest BCUT2D eigenvalue weighted by Crippen LogP contribution is -2.22. The van der Waals surface area contributed by atoms with Crippen LogP contribution >= 0.6 is 0 Å². The molecule has 0 saturated carbocycles. The fraction of sp³-hybridized carbons (Fsp3) is 0.538. The van der Waals surface area contributed by atoms with E-state index in [1.807, 2.05) is 6.92 Å². The maximum absolute atomic E-state index is 12.6. The van der Waals surface area contributed by atoms with E-state index in [0.717, 1.165) is 31.7 Å². The zero-order chi connectivity index (χ0) is 11.8. The van der Waals surface area contributed by atoms with E-state index in [2.05, 4.69) is 12.2 Å². The van der Waals surface area contributed by atoms with Crippen LogP contribution in [0.4, 0.5) is 4.39 Å². The molecule has 2 nitrogen and oxygen atoms in total. The van der Waals surface area contributed by atoms with Gasteiger partial charge in [0.05, 0.1) is 6.10 Å². The van der Waals surface area contributed by atoms with E-state index in [4.69, 9.17) is 4.74 Å². The van der Waals surface area contributed by atoms with Gasteiger partial charge in [0.2, 0.25) is 0 Å². The smallest absolute Gasteiger partial charge is 0.123 e. The highest BCUT2D eigenvalue weighted by atomic mass is 19.1. The third kappa shape index (κ3) is 5.12. The molecule has 0 aliphatic carbocycles. The van der Waals surface area contributed by atoms with Gasteiger partial charge in [-0.05, 0) is 57.1 Å². The van der Waals surface area contributed by atoms with E-state index in [1.54, 1.807) is 12.1 Å². The molecule has 1 unspecified atom stereocenters. The molecule has 0 aliphatic rings. The van der Waals surface area contributed by atoms with Crippen molar-refractivity contribution < 1.29 is 9.13 Å². The molecular formula is C13H20FNO. The third-order valence-corrected chi connectivity index (χ3v) is 2.31. The molecule has 1 N–H and O–H groups in total. The predicted octanol–water partition coefficient (Wildman–Crippen LogP) is 2.98. The fourth-order valence-electron chi connectivity index (χ4n) is 1.41. The number of ether oxygens (including phenoxy) is 1. The molecule has 1 rings (SSSR count). The van der Waals surface area contributed by atoms with Gasteiger partial charge in [-0.15, -0.1) is 0 Å². The van der Waals surface area contributed by atoms with Crippen LogP contribution in [-0.4, -0.2) is 19.2 Å². The number of benzene rings is 1. The first-order valence-electron chi connectivity index (χ1n) is 5.85. The van der Waals surface area contributed by atoms with Crippen molar-refractivity contribution >= 4 is 0 Å². The van der Waals surface area contributed by atoms with Crippen molar-refractivity contribution in [3.8, 4) is 5.75 Å². The zero-order valence-corrected chi connectivity index (χ0v) is 10.0. The van der Waals surface area contributed by atoms with Crippen LogP contribution in [0.25, 0.3) is 0 Å². The Morgan fingerprint density at radius 2 is 1.94 bits per heavy atom. The summed E-state index contributed by atoms with van der Waals surface area (Å²) in [5.41, 5.74) is 0. The summed E-state index contributed by atoms with van der Waals surface area (Å²) in [5.74, 6) is 0.494. The lowest BCUT2D eigenvalue weighted by molar-refractivity contribution is 0.210. The average Bonchev–Trinajstić information content (AvgIpc) is 2.28. The van der Waals surface area contributed by atoms with Crippen molar-refractivity contribution in [1.29, 1.82) is 0 Å². The van der Waals surface area contributed by atoms with Crippen molar-refractivity contribution in [3.05, 3.63) is 30.1 Å². The van der Waals surface area contributed by atoms with Crippen LogP contribution in [0, 0.1) is 5.82 Å². The molecule has 90 valence electrons. The van der Waals surface area contributed by atoms with Gasteiger partial charge in [-0.2, -0.15) is 0 Å². The van der Waals surface area contributed by atoms with E-state index in [-0.39, 0.29) is 11.9 Å². The SMILES string of the molecule is CCCNCCC(C)Oc1ccc(F)cc1. The normalized spacial score (nSPS) is 12.4. The van der Waals surface area contributed by atoms with E-state index < -0.39 is 0 Å². The monoisotopic (exact) mass is 225 g/mol. The second kappa shape index (κ2) is 7.23. The van der Waals surface area contributed by atoms with Gasteiger partial charge in [0.25, 0.3) is 0 Å². The van der Waals surface area contributed by atoms with Crippen LogP contribution in [0.2, 0.25) is 0 Å². The molecular weight excluding hydrogens is 205 g/mol. The Labute approximate surface area is 96.8 Å². The summed E-state index contributed by atoms with van der Waals surface area (Å²) in [6.07, 6.45) is 2.25. The molecule has 0 heterocycles. The van der Waals surface area contributed by atoms with Crippen LogP contribution in [0.15, 0.2) is 24.3 Å². The highest BCUT2D eigenvalue weighted by Crippen LogP contribution is 2.13. The van der Waals surface area contributed by atoms with E-state index in [1.165, 1.54) is 12.1 Å². The van der Waals surface area contributed by atoms with Crippen LogP contribution < -0.4 is 10.1 Å². The van der Waals surface area contributed by atoms with Crippen LogP contribution in [0.5, 0.6) is 5.75 Å². The summed E-state index contributed by atoms with van der Waals surface area (Å²) < 4.78 is 18.3. The Morgan fingerprint density at radius 3 is 2.56 bits per heavy atom. The van der Waals surface area contributed by atoms with Crippen LogP contribution in [0.1, 0.15) is 26.7 Å². The molecule has 1 atom stereocenters. The first kappa shape index (κ1) is 13.0. The molecule has 0 bridgehead atoms. The maximum atomic E-state index is 12.6. The van der Waals surface area contributed by atoms with Gasteiger partial charge in [0.15, 0.2) is 0 Å². The highest BCUT2D eigenvalue weighted by molar-refractivity contribution is 5.22. The van der Waals surface area contributed by atoms with Gasteiger partial charge in [-0.3, -0.25) is 0 Å². The van der Waals surface area contributed by atoms with Gasteiger partial charge in [-0.1, -0.05) is 6.92 Å². The number of hydrogen-bond acceptors (Lipinski definition) is 2. The van der Waals surface area contributed by atoms with Gasteiger partial charge in [-0.25, -0.2) is 4.39 Å². The van der Waals surface area contributed by atoms with Gasteiger partial charge < -0.3 is 10.1 Å². The van der Waals surface area contributed by atoms with Gasteiger partial charge in [0, 0.05) is 0 Å². The average molecular weight is 225 g/mol. The molecule has 1 aromatic rings. The van der Waals surface area contributed by atoms with Crippen molar-refractivity contribution in [2.24, 2.45) is 0 Å². The lowest BCUT2D eigenvalue weighted by atomic mass is 10.2. The topological polar surface area (TPSA) is 21.3 Å². The fourth-order valence-corrected chi connectivity index (χ4v) is 1.41. The van der Waals surface area contributed by atoms with Crippen molar-refractivity contribution in [2.45, 2.75) is 32.8 Å². The standard InChI is InChI=1S/C13H20FNO/c1-3-9-15-10-8-11(2)16-13-6-4-12(14)5-7-13/h4-7,11,15H,3,8-10H2,1-2H3. The van der Waals surface area contributed by atoms with Crippen molar-refractivity contribution in [3.63, 3.8) is 0 Å². The molecule has 16 heavy (non-hydrogen) atoms. The Morgan fingerprint density at radius 1 is 1.25 bits per heavy atom. The minimum Gasteiger partial charge on any atom is -0.491 e. The Hall–Kier alpha value is -1.09. The summed E-state index contributed by atoms with van der Waals surface area (Å²) in [6, 6.07) is 6.14. The van der Waals surface area contributed by atoms with E-state index in [0.29, 0.717) is 0 Å². The number of halogens is 1. The molecule has 0 aromatic heterocycles. The van der Waals surface area contributed by atoms with E-state index in [9.17, 15) is 4.39 Å². The third-order valence-electron chi connectivity index (χ3n) is 2.31. The quantitative estimate of drug-likeness (QED) is 0.720. The highest BCUT2D eigenvalue weighted by Gasteiger charge is 2.03. The van der Waals surface area contributed by atoms with Crippen molar-refractivity contribution in [2.75, 3.05) is 13.1 Å². The number of hydrogen-bond donors (Lipinski definition) is 1. The summed E-state index contributed by atoms with van der Waals surface area (Å²) in [6.45, 7) is 6.17. The molecule has 0 radical (unpaired) electrons. The number of rotatable bonds is 7. The minimum absolute atomic E-state index is 0.148. The summed E-state index contributed by atoms with van der Waals surface area (Å²) >= 11 is 0. The van der Waals surface area contributed by atoms with Gasteiger partial charge >= 0.3 is 0 Å². The Balaban J connectivity index is 2.23. The maximum Gasteiger partial charge on any atom is 0.123 e. The van der Waals surface area contributed by atoms with Crippen LogP contribution in [-0.2, 0) is 0 Å². The molecule has 3 heteroatoms. The van der Waals surface area contributed by atoms with Gasteiger partial charge in [0.1, 0.15) is 11.6 Å². The second-order valence-electron chi connectivity index (χ2n) is 3.92. The summed E-state index contributed by atoms with van der Waals surface area (Å²) in [7, 11) is 0. The largest absolute Gasteiger partial charge is 0.491 e. The van der Waals surface area contributed by atoms with Crippen LogP contribution in [0.3, 0.4) is 0 Å². The predicted molar refractivity (Wildman–Crippen MR) is 64.3 cm³/mol. The van der Waals surface area contributed by atoms with Crippen molar-refractivity contribution in [1.82, 2.24) is 5.32 Å². The molecule has 1 aromatic carbocycles. The first-order valence-corrected chi connectivity index (χ1v) is 5.85. The molecule has 0 fully saturated rings. The van der Waals surface area contributed by atoms with E-state index >= 15 is 0 Å².